The highest BCUT2D eigenvalue weighted by Gasteiger charge is 2.26. The van der Waals surface area contributed by atoms with Crippen molar-refractivity contribution in [2.24, 2.45) is 0 Å². The smallest absolute Gasteiger partial charge is 0.242 e. The SMILES string of the molecule is Cc1ccc(C)c(CCNC(=O)C2CCC(=O)N2)c1. The van der Waals surface area contributed by atoms with Crippen molar-refractivity contribution in [2.45, 2.75) is 39.2 Å². The number of nitrogens with one attached hydrogen (secondary N) is 2. The first-order valence-electron chi connectivity index (χ1n) is 6.69. The maximum absolute atomic E-state index is 11.8. The molecule has 1 saturated heterocycles. The minimum absolute atomic E-state index is 0.0327. The third-order valence-electron chi connectivity index (χ3n) is 3.51. The van der Waals surface area contributed by atoms with Crippen LogP contribution in [0.3, 0.4) is 0 Å². The minimum atomic E-state index is -0.342. The lowest BCUT2D eigenvalue weighted by Gasteiger charge is -2.12. The molecular weight excluding hydrogens is 240 g/mol. The van der Waals surface area contributed by atoms with Crippen LogP contribution in [0.15, 0.2) is 18.2 Å². The van der Waals surface area contributed by atoms with Gasteiger partial charge in [-0.2, -0.15) is 0 Å². The number of rotatable bonds is 4. The first kappa shape index (κ1) is 13.6. The molecule has 2 N–H and O–H groups in total. The summed E-state index contributed by atoms with van der Waals surface area (Å²) in [6, 6.07) is 6.00. The summed E-state index contributed by atoms with van der Waals surface area (Å²) in [5.74, 6) is -0.106. The number of hydrogen-bond acceptors (Lipinski definition) is 2. The van der Waals surface area contributed by atoms with Gasteiger partial charge in [-0.3, -0.25) is 9.59 Å². The molecule has 0 spiro atoms. The van der Waals surface area contributed by atoms with Gasteiger partial charge >= 0.3 is 0 Å². The molecule has 1 aromatic rings. The van der Waals surface area contributed by atoms with Gasteiger partial charge in [-0.15, -0.1) is 0 Å². The molecule has 1 heterocycles. The summed E-state index contributed by atoms with van der Waals surface area (Å²) in [6.07, 6.45) is 1.88. The van der Waals surface area contributed by atoms with Crippen molar-refractivity contribution in [3.8, 4) is 0 Å². The molecule has 2 rings (SSSR count). The first-order chi connectivity index (χ1) is 9.06. The van der Waals surface area contributed by atoms with Crippen molar-refractivity contribution in [3.05, 3.63) is 34.9 Å². The van der Waals surface area contributed by atoms with Gasteiger partial charge in [-0.25, -0.2) is 0 Å². The van der Waals surface area contributed by atoms with Crippen molar-refractivity contribution < 1.29 is 9.59 Å². The molecule has 1 aliphatic heterocycles. The van der Waals surface area contributed by atoms with Crippen LogP contribution in [0.5, 0.6) is 0 Å². The molecule has 0 aliphatic carbocycles. The third kappa shape index (κ3) is 3.56. The number of hydrogen-bond donors (Lipinski definition) is 2. The number of benzene rings is 1. The van der Waals surface area contributed by atoms with Gasteiger partial charge in [0.05, 0.1) is 0 Å². The van der Waals surface area contributed by atoms with Gasteiger partial charge in [-0.1, -0.05) is 23.8 Å². The van der Waals surface area contributed by atoms with Gasteiger partial charge in [0.1, 0.15) is 6.04 Å². The van der Waals surface area contributed by atoms with E-state index in [9.17, 15) is 9.59 Å². The van der Waals surface area contributed by atoms with E-state index in [1.54, 1.807) is 0 Å². The van der Waals surface area contributed by atoms with Crippen molar-refractivity contribution in [1.29, 1.82) is 0 Å². The van der Waals surface area contributed by atoms with E-state index < -0.39 is 0 Å². The van der Waals surface area contributed by atoms with Crippen LogP contribution in [0.25, 0.3) is 0 Å². The van der Waals surface area contributed by atoms with Crippen LogP contribution in [-0.4, -0.2) is 24.4 Å². The lowest BCUT2D eigenvalue weighted by molar-refractivity contribution is -0.125. The Labute approximate surface area is 113 Å². The lowest BCUT2D eigenvalue weighted by Crippen LogP contribution is -2.42. The van der Waals surface area contributed by atoms with Gasteiger partial charge in [-0.05, 0) is 37.8 Å². The van der Waals surface area contributed by atoms with Gasteiger partial charge < -0.3 is 10.6 Å². The Hall–Kier alpha value is -1.84. The Morgan fingerprint density at radius 1 is 1.42 bits per heavy atom. The number of carbonyl (C=O) groups is 2. The van der Waals surface area contributed by atoms with Crippen LogP contribution in [-0.2, 0) is 16.0 Å². The monoisotopic (exact) mass is 260 g/mol. The molecule has 2 amide bonds. The Kier molecular flexibility index (Phi) is 4.20. The van der Waals surface area contributed by atoms with Crippen molar-refractivity contribution >= 4 is 11.8 Å². The Morgan fingerprint density at radius 3 is 2.89 bits per heavy atom. The molecule has 0 saturated carbocycles. The number of amides is 2. The molecule has 1 aromatic carbocycles. The van der Waals surface area contributed by atoms with E-state index in [2.05, 4.69) is 42.7 Å². The summed E-state index contributed by atoms with van der Waals surface area (Å²) in [6.45, 7) is 4.75. The maximum Gasteiger partial charge on any atom is 0.242 e. The van der Waals surface area contributed by atoms with Crippen LogP contribution in [0.4, 0.5) is 0 Å². The topological polar surface area (TPSA) is 58.2 Å². The molecule has 19 heavy (non-hydrogen) atoms. The fourth-order valence-corrected chi connectivity index (χ4v) is 2.32. The molecule has 0 radical (unpaired) electrons. The van der Waals surface area contributed by atoms with Crippen molar-refractivity contribution in [3.63, 3.8) is 0 Å². The molecular formula is C15H20N2O2. The molecule has 1 fully saturated rings. The van der Waals surface area contributed by atoms with Crippen LogP contribution < -0.4 is 10.6 Å². The zero-order valence-electron chi connectivity index (χ0n) is 11.5. The van der Waals surface area contributed by atoms with Crippen LogP contribution in [0.2, 0.25) is 0 Å². The van der Waals surface area contributed by atoms with Crippen LogP contribution in [0, 0.1) is 13.8 Å². The Bertz CT molecular complexity index is 497. The fraction of sp³-hybridized carbons (Fsp3) is 0.467. The Morgan fingerprint density at radius 2 is 2.21 bits per heavy atom. The molecule has 102 valence electrons. The quantitative estimate of drug-likeness (QED) is 0.855. The highest BCUT2D eigenvalue weighted by atomic mass is 16.2. The summed E-state index contributed by atoms with van der Waals surface area (Å²) in [5, 5.41) is 5.56. The predicted octanol–water partition coefficient (Wildman–Crippen LogP) is 1.24. The molecule has 1 aliphatic rings. The van der Waals surface area contributed by atoms with Gasteiger partial charge in [0, 0.05) is 13.0 Å². The highest BCUT2D eigenvalue weighted by Crippen LogP contribution is 2.11. The Balaban J connectivity index is 1.81. The molecule has 4 nitrogen and oxygen atoms in total. The maximum atomic E-state index is 11.8. The standard InChI is InChI=1S/C15H20N2O2/c1-10-3-4-11(2)12(9-10)7-8-16-15(19)13-5-6-14(18)17-13/h3-4,9,13H,5-8H2,1-2H3,(H,16,19)(H,17,18). The average molecular weight is 260 g/mol. The van der Waals surface area contributed by atoms with E-state index in [1.165, 1.54) is 16.7 Å². The molecule has 1 unspecified atom stereocenters. The largest absolute Gasteiger partial charge is 0.354 e. The van der Waals surface area contributed by atoms with Gasteiger partial charge in [0.2, 0.25) is 11.8 Å². The summed E-state index contributed by atoms with van der Waals surface area (Å²) in [5.41, 5.74) is 3.74. The van der Waals surface area contributed by atoms with E-state index >= 15 is 0 Å². The van der Waals surface area contributed by atoms with E-state index in [-0.39, 0.29) is 17.9 Å². The fourth-order valence-electron chi connectivity index (χ4n) is 2.32. The molecule has 0 aromatic heterocycles. The number of carbonyl (C=O) groups excluding carboxylic acids is 2. The predicted molar refractivity (Wildman–Crippen MR) is 73.8 cm³/mol. The van der Waals surface area contributed by atoms with E-state index in [4.69, 9.17) is 0 Å². The van der Waals surface area contributed by atoms with Crippen molar-refractivity contribution in [1.82, 2.24) is 10.6 Å². The second-order valence-corrected chi connectivity index (χ2v) is 5.13. The van der Waals surface area contributed by atoms with E-state index in [0.29, 0.717) is 19.4 Å². The minimum Gasteiger partial charge on any atom is -0.354 e. The average Bonchev–Trinajstić information content (AvgIpc) is 2.80. The zero-order valence-corrected chi connectivity index (χ0v) is 11.5. The summed E-state index contributed by atoms with van der Waals surface area (Å²) >= 11 is 0. The lowest BCUT2D eigenvalue weighted by atomic mass is 10.0. The van der Waals surface area contributed by atoms with Crippen molar-refractivity contribution in [2.75, 3.05) is 6.54 Å². The van der Waals surface area contributed by atoms with E-state index in [1.807, 2.05) is 0 Å². The summed E-state index contributed by atoms with van der Waals surface area (Å²) in [7, 11) is 0. The molecule has 1 atom stereocenters. The first-order valence-corrected chi connectivity index (χ1v) is 6.69. The van der Waals surface area contributed by atoms with Gasteiger partial charge in [0.15, 0.2) is 0 Å². The second kappa shape index (κ2) is 5.87. The zero-order chi connectivity index (χ0) is 13.8. The summed E-state index contributed by atoms with van der Waals surface area (Å²) < 4.78 is 0. The normalized spacial score (nSPS) is 18.2. The summed E-state index contributed by atoms with van der Waals surface area (Å²) in [4.78, 5) is 22.9. The second-order valence-electron chi connectivity index (χ2n) is 5.13. The van der Waals surface area contributed by atoms with Crippen LogP contribution in [0.1, 0.15) is 29.5 Å². The third-order valence-corrected chi connectivity index (χ3v) is 3.51. The van der Waals surface area contributed by atoms with Crippen LogP contribution >= 0.6 is 0 Å². The van der Waals surface area contributed by atoms with Gasteiger partial charge in [0.25, 0.3) is 0 Å². The van der Waals surface area contributed by atoms with E-state index in [0.717, 1.165) is 6.42 Å². The molecule has 0 bridgehead atoms. The molecule has 4 heteroatoms. The number of aryl methyl sites for hydroxylation is 2. The highest BCUT2D eigenvalue weighted by molar-refractivity contribution is 5.90.